The Hall–Kier alpha value is -3.15. The van der Waals surface area contributed by atoms with Crippen LogP contribution in [0.25, 0.3) is 0 Å². The Morgan fingerprint density at radius 2 is 1.43 bits per heavy atom. The molecule has 1 heterocycles. The molecule has 30 heavy (non-hydrogen) atoms. The van der Waals surface area contributed by atoms with Crippen molar-refractivity contribution in [1.82, 2.24) is 15.5 Å². The fourth-order valence-corrected chi connectivity index (χ4v) is 4.49. The number of hydrogen-bond donors (Lipinski definition) is 2. The van der Waals surface area contributed by atoms with Gasteiger partial charge < -0.3 is 10.6 Å². The van der Waals surface area contributed by atoms with Gasteiger partial charge in [0.05, 0.1) is 0 Å². The molecule has 4 rings (SSSR count). The predicted octanol–water partition coefficient (Wildman–Crippen LogP) is 3.32. The van der Waals surface area contributed by atoms with Gasteiger partial charge in [-0.3, -0.25) is 14.5 Å². The molecule has 0 atom stereocenters. The average molecular weight is 405 g/mol. The smallest absolute Gasteiger partial charge is 0.326 e. The number of nitrogens with one attached hydrogen (secondary N) is 2. The maximum atomic E-state index is 13.6. The molecule has 1 saturated carbocycles. The summed E-state index contributed by atoms with van der Waals surface area (Å²) >= 11 is 0. The highest BCUT2D eigenvalue weighted by atomic mass is 16.2. The number of urea groups is 1. The lowest BCUT2D eigenvalue weighted by Crippen LogP contribution is -2.47. The molecular formula is C24H27N3O3. The van der Waals surface area contributed by atoms with E-state index in [1.54, 1.807) is 0 Å². The Balaban J connectivity index is 1.58. The molecule has 6 nitrogen and oxygen atoms in total. The van der Waals surface area contributed by atoms with E-state index in [0.29, 0.717) is 11.1 Å². The van der Waals surface area contributed by atoms with Crippen molar-refractivity contribution in [2.24, 2.45) is 0 Å². The van der Waals surface area contributed by atoms with Crippen molar-refractivity contribution in [3.05, 3.63) is 71.8 Å². The third-order valence-electron chi connectivity index (χ3n) is 6.04. The molecule has 6 heteroatoms. The number of carbonyl (C=O) groups is 3. The molecule has 0 radical (unpaired) electrons. The van der Waals surface area contributed by atoms with Gasteiger partial charge in [-0.05, 0) is 24.0 Å². The first-order valence-corrected chi connectivity index (χ1v) is 10.7. The average Bonchev–Trinajstić information content (AvgIpc) is 2.94. The number of hydrogen-bond acceptors (Lipinski definition) is 3. The van der Waals surface area contributed by atoms with E-state index in [1.165, 1.54) is 12.8 Å². The number of rotatable bonds is 5. The fourth-order valence-electron chi connectivity index (χ4n) is 4.49. The first kappa shape index (κ1) is 20.1. The molecule has 2 aliphatic rings. The Morgan fingerprint density at radius 1 is 0.900 bits per heavy atom. The highest BCUT2D eigenvalue weighted by Gasteiger charge is 2.54. The van der Waals surface area contributed by atoms with Crippen LogP contribution in [0.2, 0.25) is 0 Å². The third-order valence-corrected chi connectivity index (χ3v) is 6.04. The van der Waals surface area contributed by atoms with E-state index in [0.717, 1.165) is 30.6 Å². The maximum absolute atomic E-state index is 13.6. The van der Waals surface area contributed by atoms with Gasteiger partial charge >= 0.3 is 6.03 Å². The van der Waals surface area contributed by atoms with E-state index in [2.05, 4.69) is 10.6 Å². The Labute approximate surface area is 176 Å². The van der Waals surface area contributed by atoms with Crippen LogP contribution in [0.4, 0.5) is 4.79 Å². The van der Waals surface area contributed by atoms with Gasteiger partial charge in [-0.15, -0.1) is 0 Å². The Morgan fingerprint density at radius 3 is 1.97 bits per heavy atom. The van der Waals surface area contributed by atoms with Gasteiger partial charge in [0.2, 0.25) is 5.91 Å². The minimum Gasteiger partial charge on any atom is -0.352 e. The zero-order valence-corrected chi connectivity index (χ0v) is 17.0. The van der Waals surface area contributed by atoms with Crippen LogP contribution in [0.5, 0.6) is 0 Å². The van der Waals surface area contributed by atoms with Crippen molar-refractivity contribution in [2.45, 2.75) is 50.1 Å². The normalized spacial score (nSPS) is 19.3. The van der Waals surface area contributed by atoms with Gasteiger partial charge in [-0.25, -0.2) is 4.79 Å². The zero-order chi connectivity index (χ0) is 21.0. The SMILES string of the molecule is O=C(CN1C(=O)NC(c2ccccc2)(c2ccccc2)C1=O)NC1CCCCCC1. The molecule has 2 fully saturated rings. The molecule has 1 saturated heterocycles. The molecule has 1 aliphatic heterocycles. The minimum atomic E-state index is -1.33. The van der Waals surface area contributed by atoms with Crippen molar-refractivity contribution in [3.63, 3.8) is 0 Å². The maximum Gasteiger partial charge on any atom is 0.326 e. The van der Waals surface area contributed by atoms with Crippen molar-refractivity contribution in [2.75, 3.05) is 6.54 Å². The number of nitrogens with zero attached hydrogens (tertiary/aromatic N) is 1. The minimum absolute atomic E-state index is 0.119. The van der Waals surface area contributed by atoms with Gasteiger partial charge in [0.15, 0.2) is 5.54 Å². The topological polar surface area (TPSA) is 78.5 Å². The summed E-state index contributed by atoms with van der Waals surface area (Å²) < 4.78 is 0. The highest BCUT2D eigenvalue weighted by molar-refractivity contribution is 6.11. The molecule has 0 unspecified atom stereocenters. The van der Waals surface area contributed by atoms with Crippen molar-refractivity contribution < 1.29 is 14.4 Å². The van der Waals surface area contributed by atoms with E-state index >= 15 is 0 Å². The van der Waals surface area contributed by atoms with Gasteiger partial charge in [0.25, 0.3) is 5.91 Å². The van der Waals surface area contributed by atoms with Crippen LogP contribution < -0.4 is 10.6 Å². The Bertz CT molecular complexity index is 866. The van der Waals surface area contributed by atoms with Gasteiger partial charge in [0.1, 0.15) is 6.54 Å². The van der Waals surface area contributed by atoms with E-state index < -0.39 is 17.5 Å². The van der Waals surface area contributed by atoms with Crippen molar-refractivity contribution in [1.29, 1.82) is 0 Å². The molecule has 2 aromatic carbocycles. The molecular weight excluding hydrogens is 378 g/mol. The second-order valence-corrected chi connectivity index (χ2v) is 8.06. The van der Waals surface area contributed by atoms with Crippen LogP contribution in [0, 0.1) is 0 Å². The second kappa shape index (κ2) is 8.69. The Kier molecular flexibility index (Phi) is 5.84. The van der Waals surface area contributed by atoms with Crippen LogP contribution in [0.1, 0.15) is 49.7 Å². The van der Waals surface area contributed by atoms with E-state index in [9.17, 15) is 14.4 Å². The summed E-state index contributed by atoms with van der Waals surface area (Å²) in [6.07, 6.45) is 6.47. The summed E-state index contributed by atoms with van der Waals surface area (Å²) in [5.41, 5.74) is 0.00446. The molecule has 4 amide bonds. The summed E-state index contributed by atoms with van der Waals surface area (Å²) in [7, 11) is 0. The largest absolute Gasteiger partial charge is 0.352 e. The lowest BCUT2D eigenvalue weighted by atomic mass is 9.82. The standard InChI is InChI=1S/C24H27N3O3/c28-21(25-20-15-9-1-2-10-16-20)17-27-22(29)24(26-23(27)30,18-11-5-3-6-12-18)19-13-7-4-8-14-19/h3-8,11-14,20H,1-2,9-10,15-17H2,(H,25,28)(H,26,30). The summed E-state index contributed by atoms with van der Waals surface area (Å²) in [4.78, 5) is 40.1. The van der Waals surface area contributed by atoms with Crippen molar-refractivity contribution in [3.8, 4) is 0 Å². The molecule has 0 spiro atoms. The van der Waals surface area contributed by atoms with E-state index in [4.69, 9.17) is 0 Å². The van der Waals surface area contributed by atoms with Crippen LogP contribution in [0.3, 0.4) is 0 Å². The summed E-state index contributed by atoms with van der Waals surface area (Å²) in [6, 6.07) is 17.9. The molecule has 156 valence electrons. The molecule has 1 aliphatic carbocycles. The van der Waals surface area contributed by atoms with Crippen LogP contribution >= 0.6 is 0 Å². The number of amides is 4. The third kappa shape index (κ3) is 3.82. The fraction of sp³-hybridized carbons (Fsp3) is 0.375. The van der Waals surface area contributed by atoms with E-state index in [-0.39, 0.29) is 18.5 Å². The summed E-state index contributed by atoms with van der Waals surface area (Å²) in [6.45, 7) is -0.275. The number of benzene rings is 2. The molecule has 0 bridgehead atoms. The van der Waals surface area contributed by atoms with Crippen LogP contribution in [-0.2, 0) is 15.1 Å². The lowest BCUT2D eigenvalue weighted by molar-refractivity contribution is -0.134. The first-order chi connectivity index (χ1) is 14.6. The van der Waals surface area contributed by atoms with Gasteiger partial charge in [-0.2, -0.15) is 0 Å². The monoisotopic (exact) mass is 405 g/mol. The number of carbonyl (C=O) groups excluding carboxylic acids is 3. The first-order valence-electron chi connectivity index (χ1n) is 10.7. The predicted molar refractivity (Wildman–Crippen MR) is 114 cm³/mol. The van der Waals surface area contributed by atoms with Crippen molar-refractivity contribution >= 4 is 17.8 Å². The van der Waals surface area contributed by atoms with Crippen LogP contribution in [-0.4, -0.2) is 35.3 Å². The highest BCUT2D eigenvalue weighted by Crippen LogP contribution is 2.35. The van der Waals surface area contributed by atoms with E-state index in [1.807, 2.05) is 60.7 Å². The van der Waals surface area contributed by atoms with Gasteiger partial charge in [-0.1, -0.05) is 86.3 Å². The zero-order valence-electron chi connectivity index (χ0n) is 17.0. The van der Waals surface area contributed by atoms with Gasteiger partial charge in [0, 0.05) is 6.04 Å². The second-order valence-electron chi connectivity index (χ2n) is 8.06. The molecule has 2 N–H and O–H groups in total. The summed E-state index contributed by atoms with van der Waals surface area (Å²) in [5.74, 6) is -0.719. The molecule has 0 aromatic heterocycles. The van der Waals surface area contributed by atoms with Crippen LogP contribution in [0.15, 0.2) is 60.7 Å². The quantitative estimate of drug-likeness (QED) is 0.592. The molecule has 2 aromatic rings. The number of imide groups is 1. The lowest BCUT2D eigenvalue weighted by Gasteiger charge is -2.28. The summed E-state index contributed by atoms with van der Waals surface area (Å²) in [5, 5.41) is 5.90.